The van der Waals surface area contributed by atoms with E-state index in [0.29, 0.717) is 12.1 Å². The summed E-state index contributed by atoms with van der Waals surface area (Å²) in [5.74, 6) is 2.75. The van der Waals surface area contributed by atoms with Crippen molar-refractivity contribution in [2.75, 3.05) is 13.1 Å². The first-order chi connectivity index (χ1) is 14.7. The van der Waals surface area contributed by atoms with Gasteiger partial charge in [0.2, 0.25) is 0 Å². The number of carbonyl (C=O) groups excluding carboxylic acids is 1. The van der Waals surface area contributed by atoms with Crippen molar-refractivity contribution in [2.45, 2.75) is 38.1 Å². The number of benzene rings is 2. The van der Waals surface area contributed by atoms with E-state index in [0.717, 1.165) is 44.5 Å². The van der Waals surface area contributed by atoms with E-state index >= 15 is 0 Å². The second-order valence-corrected chi connectivity index (χ2v) is 8.05. The van der Waals surface area contributed by atoms with Gasteiger partial charge in [-0.1, -0.05) is 17.9 Å². The topological polar surface area (TPSA) is 81.9 Å². The molecule has 1 aliphatic carbocycles. The van der Waals surface area contributed by atoms with Crippen LogP contribution in [0.4, 0.5) is 8.78 Å². The van der Waals surface area contributed by atoms with Crippen LogP contribution in [0.2, 0.25) is 0 Å². The Bertz CT molecular complexity index is 1040. The van der Waals surface area contributed by atoms with Gasteiger partial charge in [0.1, 0.15) is 18.2 Å². The summed E-state index contributed by atoms with van der Waals surface area (Å²) in [5, 5.41) is 17.8. The molecule has 2 aliphatic rings. The van der Waals surface area contributed by atoms with E-state index in [-0.39, 0.29) is 11.8 Å². The number of halogens is 2. The van der Waals surface area contributed by atoms with Gasteiger partial charge in [0.15, 0.2) is 0 Å². The summed E-state index contributed by atoms with van der Waals surface area (Å²) < 4.78 is 26.6. The van der Waals surface area contributed by atoms with E-state index in [4.69, 9.17) is 15.0 Å². The van der Waals surface area contributed by atoms with Crippen LogP contribution < -0.4 is 10.0 Å². The van der Waals surface area contributed by atoms with Crippen molar-refractivity contribution >= 4 is 11.9 Å². The first-order valence-electron chi connectivity index (χ1n) is 10.0. The Kier molecular flexibility index (Phi) is 6.71. The molecule has 1 saturated carbocycles. The maximum absolute atomic E-state index is 13.3. The van der Waals surface area contributed by atoms with Gasteiger partial charge < -0.3 is 19.9 Å². The summed E-state index contributed by atoms with van der Waals surface area (Å²) in [6.07, 6.45) is 2.42. The van der Waals surface area contributed by atoms with Crippen LogP contribution in [0.3, 0.4) is 0 Å². The number of aliphatic carboxylic acids is 2. The third-order valence-electron chi connectivity index (χ3n) is 5.47. The Hall–Kier alpha value is -3.24. The minimum Gasteiger partial charge on any atom is -0.550 e. The number of hydrogen-bond acceptors (Lipinski definition) is 3. The summed E-state index contributed by atoms with van der Waals surface area (Å²) in [6.45, 7) is 3.40. The van der Waals surface area contributed by atoms with Gasteiger partial charge in [0.05, 0.1) is 19.5 Å². The number of fused-ring (bicyclic) bond motifs is 2. The Morgan fingerprint density at radius 1 is 1.10 bits per heavy atom. The van der Waals surface area contributed by atoms with Crippen LogP contribution in [0, 0.1) is 23.5 Å². The van der Waals surface area contributed by atoms with Gasteiger partial charge in [0.25, 0.3) is 0 Å². The van der Waals surface area contributed by atoms with Crippen LogP contribution in [-0.2, 0) is 21.5 Å². The summed E-state index contributed by atoms with van der Waals surface area (Å²) >= 11 is 0. The van der Waals surface area contributed by atoms with Crippen molar-refractivity contribution in [3.8, 4) is 11.8 Å². The first-order valence-corrected chi connectivity index (χ1v) is 10.0. The maximum atomic E-state index is 13.3. The lowest BCUT2D eigenvalue weighted by molar-refractivity contribution is -0.918. The molecule has 31 heavy (non-hydrogen) atoms. The molecular formula is C24H23F2NO4. The summed E-state index contributed by atoms with van der Waals surface area (Å²) in [7, 11) is 0. The van der Waals surface area contributed by atoms with Crippen molar-refractivity contribution in [3.05, 3.63) is 70.3 Å². The molecule has 1 spiro atoms. The van der Waals surface area contributed by atoms with E-state index in [9.17, 15) is 13.6 Å². The number of carbonyl (C=O) groups is 2. The number of nitrogens with one attached hydrogen (secondary N) is 1. The minimum absolute atomic E-state index is 0.143. The molecule has 7 heteroatoms. The molecule has 2 aromatic rings. The molecule has 1 aliphatic heterocycles. The van der Waals surface area contributed by atoms with Gasteiger partial charge in [-0.15, -0.1) is 0 Å². The van der Waals surface area contributed by atoms with E-state index in [2.05, 4.69) is 24.0 Å². The predicted octanol–water partition coefficient (Wildman–Crippen LogP) is 1.03. The zero-order valence-corrected chi connectivity index (χ0v) is 17.1. The van der Waals surface area contributed by atoms with Crippen molar-refractivity contribution in [2.24, 2.45) is 0 Å². The average molecular weight is 427 g/mol. The third-order valence-corrected chi connectivity index (χ3v) is 5.47. The molecule has 162 valence electrons. The van der Waals surface area contributed by atoms with Crippen molar-refractivity contribution in [3.63, 3.8) is 0 Å². The molecule has 0 aromatic heterocycles. The van der Waals surface area contributed by atoms with Gasteiger partial charge in [-0.3, -0.25) is 4.79 Å². The maximum Gasteiger partial charge on any atom is 0.309 e. The van der Waals surface area contributed by atoms with Crippen LogP contribution in [0.1, 0.15) is 48.4 Å². The van der Waals surface area contributed by atoms with E-state index in [1.807, 2.05) is 6.07 Å². The predicted molar refractivity (Wildman–Crippen MR) is 107 cm³/mol. The zero-order chi connectivity index (χ0) is 22.6. The molecule has 1 heterocycles. The van der Waals surface area contributed by atoms with Gasteiger partial charge in [-0.05, 0) is 49.6 Å². The second-order valence-electron chi connectivity index (χ2n) is 8.05. The van der Waals surface area contributed by atoms with Crippen molar-refractivity contribution in [1.29, 1.82) is 0 Å². The highest BCUT2D eigenvalue weighted by Gasteiger charge is 2.51. The molecule has 1 atom stereocenters. The molecule has 0 amide bonds. The van der Waals surface area contributed by atoms with Crippen LogP contribution in [0.15, 0.2) is 36.4 Å². The summed E-state index contributed by atoms with van der Waals surface area (Å²) in [5.41, 5.74) is 3.85. The molecule has 5 nitrogen and oxygen atoms in total. The highest BCUT2D eigenvalue weighted by molar-refractivity contribution is 5.66. The van der Waals surface area contributed by atoms with Crippen molar-refractivity contribution in [1.82, 2.24) is 0 Å². The molecule has 1 fully saturated rings. The Labute approximate surface area is 179 Å². The lowest BCUT2D eigenvalue weighted by atomic mass is 9.85. The molecule has 2 N–H and O–H groups in total. The first kappa shape index (κ1) is 22.4. The standard InChI is InChI=1S/C22H19F2NO2.C2H4O2/c23-18-9-16(10-19(24)12-18)2-1-15-3-4-17-13-25(8-5-21(26)27)14-22(6-7-22)20(17)11-15;1-2(3)4/h3-4,9-12H,5-8,13-14H2,(H,26,27);1H3,(H,3,4). The monoisotopic (exact) mass is 427 g/mol. The quantitative estimate of drug-likeness (QED) is 0.717. The molecular weight excluding hydrogens is 404 g/mol. The largest absolute Gasteiger partial charge is 0.550 e. The summed E-state index contributed by atoms with van der Waals surface area (Å²) in [6, 6.07) is 9.36. The minimum atomic E-state index is -1.08. The number of rotatable bonds is 3. The molecule has 4 rings (SSSR count). The fourth-order valence-corrected chi connectivity index (χ4v) is 4.04. The van der Waals surface area contributed by atoms with Gasteiger partial charge in [-0.25, -0.2) is 8.78 Å². The number of quaternary nitrogens is 1. The van der Waals surface area contributed by atoms with E-state index in [1.54, 1.807) is 0 Å². The molecule has 0 radical (unpaired) electrons. The Balaban J connectivity index is 0.000000628. The number of carboxylic acid groups (broad SMARTS) is 2. The summed E-state index contributed by atoms with van der Waals surface area (Å²) in [4.78, 5) is 21.1. The van der Waals surface area contributed by atoms with Crippen LogP contribution in [0.25, 0.3) is 0 Å². The SMILES string of the molecule is CC(=O)[O-].O=C(O)CC[NH+]1Cc2ccc(C#Cc3cc(F)cc(F)c3)cc2C2(CC2)C1. The van der Waals surface area contributed by atoms with Gasteiger partial charge in [0, 0.05) is 34.1 Å². The zero-order valence-electron chi connectivity index (χ0n) is 17.1. The van der Waals surface area contributed by atoms with E-state index in [1.165, 1.54) is 28.2 Å². The average Bonchev–Trinajstić information content (AvgIpc) is 3.44. The highest BCUT2D eigenvalue weighted by atomic mass is 19.1. The third kappa shape index (κ3) is 6.12. The van der Waals surface area contributed by atoms with E-state index < -0.39 is 23.6 Å². The Morgan fingerprint density at radius 2 is 1.71 bits per heavy atom. The van der Waals surface area contributed by atoms with Crippen molar-refractivity contribution < 1.29 is 33.5 Å². The second kappa shape index (κ2) is 9.27. The van der Waals surface area contributed by atoms with Gasteiger partial charge >= 0.3 is 5.97 Å². The molecule has 0 saturated heterocycles. The fraction of sp³-hybridized carbons (Fsp3) is 0.333. The highest BCUT2D eigenvalue weighted by Crippen LogP contribution is 2.49. The molecule has 0 bridgehead atoms. The number of hydrogen-bond donors (Lipinski definition) is 2. The lowest BCUT2D eigenvalue weighted by Crippen LogP contribution is -3.12. The smallest absolute Gasteiger partial charge is 0.309 e. The normalized spacial score (nSPS) is 17.5. The lowest BCUT2D eigenvalue weighted by Gasteiger charge is -2.32. The number of carboxylic acids is 2. The fourth-order valence-electron chi connectivity index (χ4n) is 4.04. The van der Waals surface area contributed by atoms with Crippen LogP contribution >= 0.6 is 0 Å². The van der Waals surface area contributed by atoms with Crippen LogP contribution in [-0.4, -0.2) is 30.1 Å². The Morgan fingerprint density at radius 3 is 2.29 bits per heavy atom. The molecule has 1 unspecified atom stereocenters. The molecule has 2 aromatic carbocycles. The van der Waals surface area contributed by atoms with Crippen LogP contribution in [0.5, 0.6) is 0 Å². The van der Waals surface area contributed by atoms with Gasteiger partial charge in [-0.2, -0.15) is 0 Å².